The number of hydrogen-bond acceptors (Lipinski definition) is 2. The standard InChI is InChI=1S/C14H20BrFN2/c1-2-3-4-5-6-7-14(18-17)12-9-8-11(15)10-13(12)16/h2,8-10,14,18H,1,3-7,17H2. The van der Waals surface area contributed by atoms with Gasteiger partial charge in [-0.3, -0.25) is 11.3 Å². The maximum Gasteiger partial charge on any atom is 0.129 e. The molecule has 0 saturated heterocycles. The van der Waals surface area contributed by atoms with Crippen molar-refractivity contribution in [2.45, 2.75) is 38.1 Å². The van der Waals surface area contributed by atoms with Crippen molar-refractivity contribution >= 4 is 15.9 Å². The first-order valence-electron chi connectivity index (χ1n) is 6.21. The van der Waals surface area contributed by atoms with Gasteiger partial charge < -0.3 is 0 Å². The van der Waals surface area contributed by atoms with E-state index in [1.54, 1.807) is 6.07 Å². The predicted molar refractivity (Wildman–Crippen MR) is 77.4 cm³/mol. The van der Waals surface area contributed by atoms with Gasteiger partial charge >= 0.3 is 0 Å². The topological polar surface area (TPSA) is 38.0 Å². The molecule has 2 nitrogen and oxygen atoms in total. The molecule has 0 bridgehead atoms. The molecule has 0 spiro atoms. The molecule has 0 aromatic heterocycles. The van der Waals surface area contributed by atoms with Gasteiger partial charge in [0.2, 0.25) is 0 Å². The monoisotopic (exact) mass is 314 g/mol. The number of nitrogens with two attached hydrogens (primary N) is 1. The first kappa shape index (κ1) is 15.3. The second kappa shape index (κ2) is 8.40. The van der Waals surface area contributed by atoms with E-state index in [0.717, 1.165) is 36.6 Å². The van der Waals surface area contributed by atoms with Gasteiger partial charge in [0.15, 0.2) is 0 Å². The van der Waals surface area contributed by atoms with Gasteiger partial charge in [0.05, 0.1) is 0 Å². The van der Waals surface area contributed by atoms with Crippen molar-refractivity contribution in [3.8, 4) is 0 Å². The van der Waals surface area contributed by atoms with Crippen LogP contribution in [0.25, 0.3) is 0 Å². The van der Waals surface area contributed by atoms with Crippen molar-refractivity contribution in [1.82, 2.24) is 5.43 Å². The number of allylic oxidation sites excluding steroid dienone is 1. The molecule has 0 amide bonds. The minimum Gasteiger partial charge on any atom is -0.271 e. The summed E-state index contributed by atoms with van der Waals surface area (Å²) in [4.78, 5) is 0. The summed E-state index contributed by atoms with van der Waals surface area (Å²) in [5, 5.41) is 0. The number of unbranched alkanes of at least 4 members (excludes halogenated alkanes) is 3. The van der Waals surface area contributed by atoms with Crippen LogP contribution in [-0.4, -0.2) is 0 Å². The maximum atomic E-state index is 13.8. The van der Waals surface area contributed by atoms with Gasteiger partial charge in [-0.1, -0.05) is 40.9 Å². The average molecular weight is 315 g/mol. The summed E-state index contributed by atoms with van der Waals surface area (Å²) in [6.45, 7) is 3.69. The Hall–Kier alpha value is -0.710. The van der Waals surface area contributed by atoms with Crippen molar-refractivity contribution in [2.24, 2.45) is 5.84 Å². The highest BCUT2D eigenvalue weighted by Crippen LogP contribution is 2.24. The number of rotatable bonds is 8. The second-order valence-corrected chi connectivity index (χ2v) is 5.23. The fraction of sp³-hybridized carbons (Fsp3) is 0.429. The highest BCUT2D eigenvalue weighted by atomic mass is 79.9. The van der Waals surface area contributed by atoms with Gasteiger partial charge in [-0.15, -0.1) is 6.58 Å². The Bertz CT molecular complexity index is 382. The third-order valence-electron chi connectivity index (χ3n) is 2.94. The molecule has 0 radical (unpaired) electrons. The Balaban J connectivity index is 2.52. The number of nitrogens with one attached hydrogen (secondary N) is 1. The van der Waals surface area contributed by atoms with E-state index in [1.165, 1.54) is 6.07 Å². The van der Waals surface area contributed by atoms with Crippen LogP contribution < -0.4 is 11.3 Å². The van der Waals surface area contributed by atoms with E-state index in [4.69, 9.17) is 5.84 Å². The molecule has 100 valence electrons. The van der Waals surface area contributed by atoms with Crippen molar-refractivity contribution in [3.05, 3.63) is 46.7 Å². The van der Waals surface area contributed by atoms with E-state index < -0.39 is 0 Å². The van der Waals surface area contributed by atoms with Crippen LogP contribution in [0.5, 0.6) is 0 Å². The number of hydrazine groups is 1. The van der Waals surface area contributed by atoms with Crippen LogP contribution >= 0.6 is 15.9 Å². The van der Waals surface area contributed by atoms with Crippen molar-refractivity contribution in [1.29, 1.82) is 0 Å². The molecular formula is C14H20BrFN2. The van der Waals surface area contributed by atoms with Crippen LogP contribution in [0.4, 0.5) is 4.39 Å². The van der Waals surface area contributed by atoms with Crippen LogP contribution in [-0.2, 0) is 0 Å². The Labute approximate surface area is 117 Å². The van der Waals surface area contributed by atoms with E-state index in [9.17, 15) is 4.39 Å². The molecule has 1 aromatic carbocycles. The Morgan fingerprint density at radius 3 is 2.78 bits per heavy atom. The summed E-state index contributed by atoms with van der Waals surface area (Å²) >= 11 is 3.25. The molecule has 1 rings (SSSR count). The number of benzene rings is 1. The molecule has 1 atom stereocenters. The molecule has 1 aromatic rings. The van der Waals surface area contributed by atoms with Gasteiger partial charge in [-0.25, -0.2) is 4.39 Å². The first-order valence-corrected chi connectivity index (χ1v) is 7.00. The molecule has 18 heavy (non-hydrogen) atoms. The highest BCUT2D eigenvalue weighted by molar-refractivity contribution is 9.10. The smallest absolute Gasteiger partial charge is 0.129 e. The zero-order chi connectivity index (χ0) is 13.4. The Morgan fingerprint density at radius 1 is 1.39 bits per heavy atom. The zero-order valence-electron chi connectivity index (χ0n) is 10.5. The summed E-state index contributed by atoms with van der Waals surface area (Å²) in [5.41, 5.74) is 3.32. The lowest BCUT2D eigenvalue weighted by Crippen LogP contribution is -2.28. The fourth-order valence-corrected chi connectivity index (χ4v) is 2.26. The molecule has 0 saturated carbocycles. The summed E-state index contributed by atoms with van der Waals surface area (Å²) < 4.78 is 14.5. The van der Waals surface area contributed by atoms with E-state index in [0.29, 0.717) is 5.56 Å². The fourth-order valence-electron chi connectivity index (χ4n) is 1.93. The molecule has 3 N–H and O–H groups in total. The summed E-state index contributed by atoms with van der Waals surface area (Å²) in [7, 11) is 0. The second-order valence-electron chi connectivity index (χ2n) is 4.31. The van der Waals surface area contributed by atoms with E-state index >= 15 is 0 Å². The van der Waals surface area contributed by atoms with Crippen LogP contribution in [0.1, 0.15) is 43.7 Å². The molecule has 0 aliphatic carbocycles. The number of hydrogen-bond donors (Lipinski definition) is 2. The molecule has 0 aliphatic rings. The average Bonchev–Trinajstić information content (AvgIpc) is 2.35. The predicted octanol–water partition coefficient (Wildman–Crippen LogP) is 4.23. The minimum absolute atomic E-state index is 0.123. The Morgan fingerprint density at radius 2 is 2.17 bits per heavy atom. The molecule has 0 fully saturated rings. The highest BCUT2D eigenvalue weighted by Gasteiger charge is 2.13. The van der Waals surface area contributed by atoms with Crippen LogP contribution in [0.2, 0.25) is 0 Å². The van der Waals surface area contributed by atoms with Gasteiger partial charge in [-0.2, -0.15) is 0 Å². The van der Waals surface area contributed by atoms with Crippen molar-refractivity contribution in [2.75, 3.05) is 0 Å². The van der Waals surface area contributed by atoms with Crippen LogP contribution in [0, 0.1) is 5.82 Å². The molecule has 1 unspecified atom stereocenters. The van der Waals surface area contributed by atoms with E-state index in [1.807, 2.05) is 12.1 Å². The minimum atomic E-state index is -0.224. The molecular weight excluding hydrogens is 295 g/mol. The van der Waals surface area contributed by atoms with Gasteiger partial charge in [-0.05, 0) is 31.4 Å². The maximum absolute atomic E-state index is 13.8. The molecule has 4 heteroatoms. The van der Waals surface area contributed by atoms with E-state index in [2.05, 4.69) is 27.9 Å². The lowest BCUT2D eigenvalue weighted by atomic mass is 10.00. The molecule has 0 heterocycles. The van der Waals surface area contributed by atoms with Gasteiger partial charge in [0, 0.05) is 16.1 Å². The normalized spacial score (nSPS) is 12.4. The quantitative estimate of drug-likeness (QED) is 0.326. The number of halogens is 2. The zero-order valence-corrected chi connectivity index (χ0v) is 12.0. The largest absolute Gasteiger partial charge is 0.271 e. The summed E-state index contributed by atoms with van der Waals surface area (Å²) in [6, 6.07) is 4.95. The van der Waals surface area contributed by atoms with Crippen molar-refractivity contribution in [3.63, 3.8) is 0 Å². The third-order valence-corrected chi connectivity index (χ3v) is 3.43. The van der Waals surface area contributed by atoms with Gasteiger partial charge in [0.1, 0.15) is 5.82 Å². The third kappa shape index (κ3) is 4.88. The molecule has 0 aliphatic heterocycles. The summed E-state index contributed by atoms with van der Waals surface area (Å²) in [5.74, 6) is 5.28. The lowest BCUT2D eigenvalue weighted by molar-refractivity contribution is 0.462. The van der Waals surface area contributed by atoms with Crippen LogP contribution in [0.3, 0.4) is 0 Å². The lowest BCUT2D eigenvalue weighted by Gasteiger charge is -2.17. The van der Waals surface area contributed by atoms with E-state index in [-0.39, 0.29) is 11.9 Å². The van der Waals surface area contributed by atoms with Crippen molar-refractivity contribution < 1.29 is 4.39 Å². The summed E-state index contributed by atoms with van der Waals surface area (Å²) in [6.07, 6.45) is 7.07. The Kier molecular flexibility index (Phi) is 7.16. The van der Waals surface area contributed by atoms with Crippen LogP contribution in [0.15, 0.2) is 35.3 Å². The SMILES string of the molecule is C=CCCCCCC(NN)c1ccc(Br)cc1F. The first-order chi connectivity index (χ1) is 8.69. The van der Waals surface area contributed by atoms with Gasteiger partial charge in [0.25, 0.3) is 0 Å².